The molecule has 0 aliphatic carbocycles. The highest BCUT2D eigenvalue weighted by atomic mass is 35.5. The molecule has 8 heteroatoms. The molecule has 184 valence electrons. The highest BCUT2D eigenvalue weighted by molar-refractivity contribution is 6.31. The van der Waals surface area contributed by atoms with Gasteiger partial charge in [0.1, 0.15) is 5.76 Å². The van der Waals surface area contributed by atoms with Crippen LogP contribution in [0.3, 0.4) is 0 Å². The molecular weight excluding hydrogens is 489 g/mol. The smallest absolute Gasteiger partial charge is 0.416 e. The topological polar surface area (TPSA) is 46.3 Å². The minimum Gasteiger partial charge on any atom is -0.441 e. The van der Waals surface area contributed by atoms with Crippen LogP contribution in [0, 0.1) is 6.92 Å². The Balaban J connectivity index is 1.45. The second-order valence-corrected chi connectivity index (χ2v) is 9.14. The van der Waals surface area contributed by atoms with Crippen LogP contribution in [0.15, 0.2) is 77.2 Å². The minimum atomic E-state index is -4.48. The van der Waals surface area contributed by atoms with E-state index in [-0.39, 0.29) is 29.8 Å². The lowest BCUT2D eigenvalue weighted by Gasteiger charge is -2.38. The van der Waals surface area contributed by atoms with E-state index in [2.05, 4.69) is 11.1 Å². The van der Waals surface area contributed by atoms with Gasteiger partial charge in [0.25, 0.3) is 0 Å². The van der Waals surface area contributed by atoms with Gasteiger partial charge in [-0.25, -0.2) is 4.98 Å². The number of aromatic nitrogens is 1. The number of rotatable bonds is 4. The molecule has 1 amide bonds. The van der Waals surface area contributed by atoms with Gasteiger partial charge in [-0.2, -0.15) is 13.2 Å². The Morgan fingerprint density at radius 1 is 1.06 bits per heavy atom. The van der Waals surface area contributed by atoms with Crippen LogP contribution in [0.2, 0.25) is 5.02 Å². The molecule has 4 nitrogen and oxygen atoms in total. The number of hydrogen-bond donors (Lipinski definition) is 0. The van der Waals surface area contributed by atoms with Gasteiger partial charge in [-0.3, -0.25) is 4.79 Å². The first kappa shape index (κ1) is 24.1. The van der Waals surface area contributed by atoms with Crippen molar-refractivity contribution in [2.24, 2.45) is 0 Å². The van der Waals surface area contributed by atoms with Crippen molar-refractivity contribution in [1.82, 2.24) is 9.88 Å². The predicted octanol–water partition coefficient (Wildman–Crippen LogP) is 7.04. The number of hydrogen-bond acceptors (Lipinski definition) is 3. The number of fused-ring (bicyclic) bond motifs is 1. The van der Waals surface area contributed by atoms with Crippen molar-refractivity contribution in [2.45, 2.75) is 32.0 Å². The van der Waals surface area contributed by atoms with Crippen LogP contribution in [0.5, 0.6) is 0 Å². The molecule has 3 aromatic carbocycles. The molecule has 0 N–H and O–H groups in total. The van der Waals surface area contributed by atoms with Gasteiger partial charge in [0.05, 0.1) is 23.7 Å². The zero-order valence-corrected chi connectivity index (χ0v) is 20.1. The molecule has 1 aliphatic rings. The van der Waals surface area contributed by atoms with E-state index in [4.69, 9.17) is 16.0 Å². The molecule has 0 fully saturated rings. The number of benzene rings is 3. The first-order chi connectivity index (χ1) is 17.2. The number of alkyl halides is 3. The summed E-state index contributed by atoms with van der Waals surface area (Å²) in [6.45, 7) is 2.16. The third-order valence-electron chi connectivity index (χ3n) is 6.45. The molecule has 0 bridgehead atoms. The highest BCUT2D eigenvalue weighted by Gasteiger charge is 2.34. The van der Waals surface area contributed by atoms with E-state index >= 15 is 0 Å². The molecule has 1 atom stereocenters. The molecule has 36 heavy (non-hydrogen) atoms. The van der Waals surface area contributed by atoms with E-state index in [1.54, 1.807) is 17.9 Å². The van der Waals surface area contributed by atoms with Crippen LogP contribution >= 0.6 is 11.6 Å². The molecule has 5 rings (SSSR count). The summed E-state index contributed by atoms with van der Waals surface area (Å²) >= 11 is 6.55. The molecule has 1 unspecified atom stereocenters. The van der Waals surface area contributed by atoms with Gasteiger partial charge in [0.15, 0.2) is 0 Å². The highest BCUT2D eigenvalue weighted by Crippen LogP contribution is 2.39. The number of halogens is 4. The molecule has 0 spiro atoms. The van der Waals surface area contributed by atoms with Crippen molar-refractivity contribution in [2.75, 3.05) is 6.54 Å². The van der Waals surface area contributed by atoms with Gasteiger partial charge in [0.2, 0.25) is 11.8 Å². The van der Waals surface area contributed by atoms with Gasteiger partial charge in [-0.1, -0.05) is 60.1 Å². The normalized spacial score (nSPS) is 15.6. The van der Waals surface area contributed by atoms with E-state index in [9.17, 15) is 18.0 Å². The Labute approximate surface area is 211 Å². The number of amides is 1. The fraction of sp³-hybridized carbons (Fsp3) is 0.214. The summed E-state index contributed by atoms with van der Waals surface area (Å²) in [7, 11) is 0. The second-order valence-electron chi connectivity index (χ2n) is 8.74. The van der Waals surface area contributed by atoms with E-state index in [0.29, 0.717) is 29.4 Å². The minimum absolute atomic E-state index is 0.0442. The third kappa shape index (κ3) is 4.63. The van der Waals surface area contributed by atoms with Crippen LogP contribution in [-0.4, -0.2) is 22.3 Å². The summed E-state index contributed by atoms with van der Waals surface area (Å²) in [4.78, 5) is 19.8. The van der Waals surface area contributed by atoms with Gasteiger partial charge in [-0.15, -0.1) is 0 Å². The monoisotopic (exact) mass is 510 g/mol. The van der Waals surface area contributed by atoms with Crippen LogP contribution in [0.25, 0.3) is 11.5 Å². The Hall–Kier alpha value is -3.58. The Bertz CT molecular complexity index is 1430. The molecule has 4 aromatic rings. The molecule has 0 saturated carbocycles. The third-order valence-corrected chi connectivity index (χ3v) is 6.80. The number of aryl methyl sites for hydroxylation is 1. The van der Waals surface area contributed by atoms with E-state index in [1.807, 2.05) is 36.4 Å². The lowest BCUT2D eigenvalue weighted by Crippen LogP contribution is -2.41. The fourth-order valence-corrected chi connectivity index (χ4v) is 4.90. The number of oxazole rings is 1. The fourth-order valence-electron chi connectivity index (χ4n) is 4.66. The Morgan fingerprint density at radius 3 is 2.53 bits per heavy atom. The van der Waals surface area contributed by atoms with Crippen LogP contribution < -0.4 is 0 Å². The van der Waals surface area contributed by atoms with Crippen LogP contribution in [-0.2, 0) is 23.8 Å². The molecule has 2 heterocycles. The van der Waals surface area contributed by atoms with Crippen LogP contribution in [0.4, 0.5) is 13.2 Å². The van der Waals surface area contributed by atoms with Crippen molar-refractivity contribution in [3.8, 4) is 11.5 Å². The standard InChI is InChI=1S/C28H22ClF3N2O2/c1-17-24(33-27(36-17)19-8-6-9-20(15-19)28(30,31)32)16-25(35)34-14-13-18-7-2-3-10-21(18)26(34)22-11-4-5-12-23(22)29/h2-12,15,26H,13-14,16H2,1H3. The maximum absolute atomic E-state index is 13.6. The average Bonchev–Trinajstić information content (AvgIpc) is 3.23. The SMILES string of the molecule is Cc1oc(-c2cccc(C(F)(F)F)c2)nc1CC(=O)N1CCc2ccccc2C1c1ccccc1Cl. The lowest BCUT2D eigenvalue weighted by atomic mass is 9.88. The molecular formula is C28H22ClF3N2O2. The van der Waals surface area contributed by atoms with Crippen molar-refractivity contribution >= 4 is 17.5 Å². The van der Waals surface area contributed by atoms with Crippen molar-refractivity contribution in [3.05, 3.63) is 112 Å². The zero-order valence-electron chi connectivity index (χ0n) is 19.3. The molecule has 1 aliphatic heterocycles. The first-order valence-corrected chi connectivity index (χ1v) is 11.9. The Kier molecular flexibility index (Phi) is 6.35. The summed E-state index contributed by atoms with van der Waals surface area (Å²) in [6.07, 6.45) is -3.82. The van der Waals surface area contributed by atoms with Crippen LogP contribution in [0.1, 0.15) is 39.7 Å². The van der Waals surface area contributed by atoms with E-state index in [0.717, 1.165) is 28.8 Å². The summed E-state index contributed by atoms with van der Waals surface area (Å²) in [6, 6.07) is 19.9. The molecule has 1 aromatic heterocycles. The van der Waals surface area contributed by atoms with Gasteiger partial charge >= 0.3 is 6.18 Å². The molecule has 0 radical (unpaired) electrons. The molecule has 0 saturated heterocycles. The second kappa shape index (κ2) is 9.47. The Morgan fingerprint density at radius 2 is 1.78 bits per heavy atom. The van der Waals surface area contributed by atoms with Gasteiger partial charge in [-0.05, 0) is 54.3 Å². The van der Waals surface area contributed by atoms with Crippen molar-refractivity contribution in [3.63, 3.8) is 0 Å². The maximum atomic E-state index is 13.6. The summed E-state index contributed by atoms with van der Waals surface area (Å²) < 4.78 is 45.1. The largest absolute Gasteiger partial charge is 0.441 e. The van der Waals surface area contributed by atoms with Gasteiger partial charge in [0, 0.05) is 17.1 Å². The van der Waals surface area contributed by atoms with E-state index in [1.165, 1.54) is 12.1 Å². The van der Waals surface area contributed by atoms with Gasteiger partial charge < -0.3 is 9.32 Å². The maximum Gasteiger partial charge on any atom is 0.416 e. The average molecular weight is 511 g/mol. The van der Waals surface area contributed by atoms with E-state index < -0.39 is 11.7 Å². The number of nitrogens with zero attached hydrogens (tertiary/aromatic N) is 2. The zero-order chi connectivity index (χ0) is 25.4. The summed E-state index contributed by atoms with van der Waals surface area (Å²) in [5.74, 6) is 0.275. The van der Waals surface area contributed by atoms with Crippen molar-refractivity contribution < 1.29 is 22.4 Å². The van der Waals surface area contributed by atoms with Crippen molar-refractivity contribution in [1.29, 1.82) is 0 Å². The predicted molar refractivity (Wildman–Crippen MR) is 131 cm³/mol. The number of carbonyl (C=O) groups is 1. The lowest BCUT2D eigenvalue weighted by molar-refractivity contribution is -0.137. The quantitative estimate of drug-likeness (QED) is 0.296. The number of carbonyl (C=O) groups excluding carboxylic acids is 1. The summed E-state index contributed by atoms with van der Waals surface area (Å²) in [5, 5.41) is 0.571. The summed E-state index contributed by atoms with van der Waals surface area (Å²) in [5.41, 5.74) is 2.82. The first-order valence-electron chi connectivity index (χ1n) is 11.5.